The number of carbonyl (C=O) groups is 1. The van der Waals surface area contributed by atoms with Crippen LogP contribution in [0.25, 0.3) is 0 Å². The number of aliphatic hydroxyl groups is 1. The minimum absolute atomic E-state index is 0.412. The zero-order valence-corrected chi connectivity index (χ0v) is 26.3. The number of nitrogens with zero attached hydrogens (tertiary/aromatic N) is 1. The predicted molar refractivity (Wildman–Crippen MR) is 177 cm³/mol. The molecule has 0 aliphatic carbocycles. The maximum absolute atomic E-state index is 11.8. The van der Waals surface area contributed by atoms with Crippen LogP contribution >= 0.6 is 12.6 Å². The summed E-state index contributed by atoms with van der Waals surface area (Å²) in [4.78, 5) is 14.1. The number of aryl methyl sites for hydroxylation is 2. The molecule has 3 N–H and O–H groups in total. The number of rotatable bonds is 18. The first-order chi connectivity index (χ1) is 19.4. The smallest absolute Gasteiger partial charge is 0.248 e. The summed E-state index contributed by atoms with van der Waals surface area (Å²) in [6.45, 7) is 16.3. The van der Waals surface area contributed by atoms with Gasteiger partial charge in [0.05, 0.1) is 12.3 Å². The van der Waals surface area contributed by atoms with Crippen molar-refractivity contribution in [1.82, 2.24) is 0 Å². The lowest BCUT2D eigenvalue weighted by Crippen LogP contribution is -2.27. The zero-order chi connectivity index (χ0) is 30.2. The molecule has 0 radical (unpaired) electrons. The van der Waals surface area contributed by atoms with Crippen LogP contribution in [0.5, 0.6) is 5.75 Å². The average molecular weight is 571 g/mol. The van der Waals surface area contributed by atoms with E-state index in [4.69, 9.17) is 15.6 Å². The number of thiol groups is 1. The first-order valence-electron chi connectivity index (χ1n) is 14.5. The van der Waals surface area contributed by atoms with Crippen LogP contribution in [0.15, 0.2) is 67.8 Å². The van der Waals surface area contributed by atoms with Gasteiger partial charge in [0.1, 0.15) is 5.75 Å². The van der Waals surface area contributed by atoms with Gasteiger partial charge < -0.3 is 20.5 Å². The van der Waals surface area contributed by atoms with Gasteiger partial charge in [-0.25, -0.2) is 0 Å². The van der Waals surface area contributed by atoms with Crippen molar-refractivity contribution < 1.29 is 14.6 Å². The van der Waals surface area contributed by atoms with Crippen LogP contribution in [0.1, 0.15) is 80.3 Å². The van der Waals surface area contributed by atoms with Gasteiger partial charge in [0.2, 0.25) is 5.91 Å². The fourth-order valence-electron chi connectivity index (χ4n) is 4.27. The van der Waals surface area contributed by atoms with Gasteiger partial charge in [0.15, 0.2) is 0 Å². The van der Waals surface area contributed by atoms with Crippen molar-refractivity contribution >= 4 is 24.2 Å². The molecule has 40 heavy (non-hydrogen) atoms. The first-order valence-corrected chi connectivity index (χ1v) is 15.2. The summed E-state index contributed by atoms with van der Waals surface area (Å²) in [5, 5.41) is 7.00. The lowest BCUT2D eigenvalue weighted by Gasteiger charge is -2.27. The molecule has 0 aliphatic rings. The van der Waals surface area contributed by atoms with Gasteiger partial charge in [-0.05, 0) is 94.2 Å². The summed E-state index contributed by atoms with van der Waals surface area (Å²) in [5.74, 6) is 2.01. The highest BCUT2D eigenvalue weighted by Crippen LogP contribution is 2.31. The summed E-state index contributed by atoms with van der Waals surface area (Å²) in [6, 6.07) is 14.2. The molecule has 0 aromatic heterocycles. The number of primary amides is 1. The van der Waals surface area contributed by atoms with Crippen molar-refractivity contribution in [3.8, 4) is 5.75 Å². The molecule has 224 valence electrons. The third-order valence-electron chi connectivity index (χ3n) is 6.62. The molecular weight excluding hydrogens is 516 g/mol. The highest BCUT2D eigenvalue weighted by molar-refractivity contribution is 7.80. The van der Waals surface area contributed by atoms with Crippen LogP contribution in [0.2, 0.25) is 0 Å². The molecule has 0 spiro atoms. The Kier molecular flexibility index (Phi) is 22.5. The Morgan fingerprint density at radius 1 is 1.10 bits per heavy atom. The number of allylic oxidation sites excluding steroid dienone is 2. The van der Waals surface area contributed by atoms with Gasteiger partial charge in [0, 0.05) is 25.8 Å². The van der Waals surface area contributed by atoms with Crippen molar-refractivity contribution in [2.45, 2.75) is 72.1 Å². The van der Waals surface area contributed by atoms with E-state index in [0.717, 1.165) is 88.8 Å². The molecule has 0 heterocycles. The molecule has 1 amide bonds. The molecule has 0 saturated heterocycles. The standard InChI is InChI=1S/C28H40N2O2.C5H10S.CH4O/c1-5-11-23(6-2)17-18-30(7-3)26-21-25(28(29)31)15-16-27(26)32-19-9-8-13-24-14-10-12-22(4)20-24;1-2-3-4-5-6;1-2/h5,10,12,14-16,20-21,23H,1,6-9,11,13,17-19H2,2-4H3,(H2,29,31);2,6H,1,3-5H2;2H,1H3/t23-;;/m0../s1. The van der Waals surface area contributed by atoms with E-state index in [-0.39, 0.29) is 0 Å². The molecule has 0 saturated carbocycles. The Morgan fingerprint density at radius 3 is 2.40 bits per heavy atom. The lowest BCUT2D eigenvalue weighted by atomic mass is 9.98. The van der Waals surface area contributed by atoms with E-state index in [1.54, 1.807) is 6.07 Å². The average Bonchev–Trinajstić information content (AvgIpc) is 2.97. The summed E-state index contributed by atoms with van der Waals surface area (Å²) in [7, 11) is 1.00. The SMILES string of the molecule is C=CCCCS.C=CC[C@H](CC)CCN(CC)c1cc(C(N)=O)ccc1OCCCCc1cccc(C)c1.CO. The third kappa shape index (κ3) is 15.8. The van der Waals surface area contributed by atoms with E-state index in [9.17, 15) is 4.79 Å². The van der Waals surface area contributed by atoms with Gasteiger partial charge >= 0.3 is 0 Å². The summed E-state index contributed by atoms with van der Waals surface area (Å²) in [5.41, 5.74) is 9.70. The van der Waals surface area contributed by atoms with Crippen molar-refractivity contribution in [3.63, 3.8) is 0 Å². The van der Waals surface area contributed by atoms with Crippen LogP contribution in [0, 0.1) is 12.8 Å². The van der Waals surface area contributed by atoms with E-state index in [0.29, 0.717) is 18.1 Å². The number of aliphatic hydroxyl groups excluding tert-OH is 1. The number of nitrogens with two attached hydrogens (primary N) is 1. The van der Waals surface area contributed by atoms with E-state index < -0.39 is 5.91 Å². The molecule has 0 fully saturated rings. The third-order valence-corrected chi connectivity index (χ3v) is 6.93. The number of anilines is 1. The predicted octanol–water partition coefficient (Wildman–Crippen LogP) is 7.81. The molecule has 0 unspecified atom stereocenters. The van der Waals surface area contributed by atoms with Crippen LogP contribution in [-0.4, -0.2) is 43.6 Å². The van der Waals surface area contributed by atoms with Gasteiger partial charge in [-0.2, -0.15) is 12.6 Å². The monoisotopic (exact) mass is 570 g/mol. The zero-order valence-electron chi connectivity index (χ0n) is 25.4. The van der Waals surface area contributed by atoms with Crippen LogP contribution < -0.4 is 15.4 Å². The maximum Gasteiger partial charge on any atom is 0.248 e. The molecular formula is C34H54N2O3S. The minimum atomic E-state index is -0.412. The fraction of sp³-hybridized carbons (Fsp3) is 0.500. The van der Waals surface area contributed by atoms with Gasteiger partial charge in [0.25, 0.3) is 0 Å². The quantitative estimate of drug-likeness (QED) is 0.0971. The Labute approximate surface area is 249 Å². The van der Waals surface area contributed by atoms with Gasteiger partial charge in [-0.1, -0.05) is 55.3 Å². The van der Waals surface area contributed by atoms with E-state index >= 15 is 0 Å². The molecule has 2 aromatic rings. The highest BCUT2D eigenvalue weighted by atomic mass is 32.1. The molecule has 2 aromatic carbocycles. The van der Waals surface area contributed by atoms with Crippen LogP contribution in [0.3, 0.4) is 0 Å². The van der Waals surface area contributed by atoms with Crippen molar-refractivity contribution in [2.24, 2.45) is 11.7 Å². The Morgan fingerprint density at radius 2 is 1.85 bits per heavy atom. The summed E-state index contributed by atoms with van der Waals surface area (Å²) < 4.78 is 6.19. The van der Waals surface area contributed by atoms with E-state index in [1.165, 1.54) is 11.1 Å². The number of amides is 1. The number of ether oxygens (including phenoxy) is 1. The fourth-order valence-corrected chi connectivity index (χ4v) is 4.45. The van der Waals surface area contributed by atoms with Crippen LogP contribution in [0.4, 0.5) is 5.69 Å². The Hall–Kier alpha value is -2.70. The number of carbonyl (C=O) groups excluding carboxylic acids is 1. The second kappa shape index (κ2) is 24.1. The molecule has 1 atom stereocenters. The summed E-state index contributed by atoms with van der Waals surface area (Å²) >= 11 is 4.01. The normalized spacial score (nSPS) is 10.8. The van der Waals surface area contributed by atoms with E-state index in [1.807, 2.05) is 24.3 Å². The number of hydrogen-bond donors (Lipinski definition) is 3. The second-order valence-electron chi connectivity index (χ2n) is 9.66. The number of unbranched alkanes of at least 4 members (excludes halogenated alkanes) is 2. The number of hydrogen-bond acceptors (Lipinski definition) is 5. The Bertz CT molecular complexity index is 964. The molecule has 2 rings (SSSR count). The van der Waals surface area contributed by atoms with Gasteiger partial charge in [-0.3, -0.25) is 4.79 Å². The van der Waals surface area contributed by atoms with Crippen molar-refractivity contribution in [1.29, 1.82) is 0 Å². The first kappa shape index (κ1) is 37.3. The second-order valence-corrected chi connectivity index (χ2v) is 10.1. The van der Waals surface area contributed by atoms with Crippen LogP contribution in [-0.2, 0) is 6.42 Å². The topological polar surface area (TPSA) is 75.8 Å². The van der Waals surface area contributed by atoms with Crippen molar-refractivity contribution in [3.05, 3.63) is 84.5 Å². The Balaban J connectivity index is 0.00000168. The molecule has 6 heteroatoms. The number of benzene rings is 2. The molecule has 5 nitrogen and oxygen atoms in total. The molecule has 0 bridgehead atoms. The largest absolute Gasteiger partial charge is 0.491 e. The van der Waals surface area contributed by atoms with Crippen molar-refractivity contribution in [2.75, 3.05) is 37.5 Å². The van der Waals surface area contributed by atoms with Gasteiger partial charge in [-0.15, -0.1) is 13.2 Å². The minimum Gasteiger partial charge on any atom is -0.491 e. The maximum atomic E-state index is 11.8. The highest BCUT2D eigenvalue weighted by Gasteiger charge is 2.16. The van der Waals surface area contributed by atoms with E-state index in [2.05, 4.69) is 75.7 Å². The summed E-state index contributed by atoms with van der Waals surface area (Å²) in [6.07, 6.45) is 12.5. The lowest BCUT2D eigenvalue weighted by molar-refractivity contribution is 0.1000. The molecule has 0 aliphatic heterocycles.